The van der Waals surface area contributed by atoms with Crippen LogP contribution in [0.3, 0.4) is 0 Å². The molecular weight excluding hydrogens is 270 g/mol. The minimum Gasteiger partial charge on any atom is -0.378 e. The van der Waals surface area contributed by atoms with Crippen molar-refractivity contribution in [2.45, 2.75) is 57.7 Å². The van der Waals surface area contributed by atoms with Crippen LogP contribution in [-0.2, 0) is 11.3 Å². The standard InChI is InChI=1S/C15H19N3O3/c1-10-13(9-16)14(19)17(7-6-12-3-2-8-21-12)15(20)18(10)11-4-5-11/h11-12H,2-8H2,1H3. The summed E-state index contributed by atoms with van der Waals surface area (Å²) in [5, 5.41) is 9.22. The van der Waals surface area contributed by atoms with E-state index in [4.69, 9.17) is 4.74 Å². The van der Waals surface area contributed by atoms with Gasteiger partial charge in [0.25, 0.3) is 5.56 Å². The summed E-state index contributed by atoms with van der Waals surface area (Å²) in [6.45, 7) is 2.76. The van der Waals surface area contributed by atoms with E-state index >= 15 is 0 Å². The van der Waals surface area contributed by atoms with Gasteiger partial charge in [-0.3, -0.25) is 13.9 Å². The first kappa shape index (κ1) is 14.1. The summed E-state index contributed by atoms with van der Waals surface area (Å²) in [6.07, 6.45) is 4.66. The Morgan fingerprint density at radius 1 is 1.33 bits per heavy atom. The number of rotatable bonds is 4. The van der Waals surface area contributed by atoms with Crippen molar-refractivity contribution >= 4 is 0 Å². The lowest BCUT2D eigenvalue weighted by molar-refractivity contribution is 0.0996. The summed E-state index contributed by atoms with van der Waals surface area (Å²) in [6, 6.07) is 2.11. The molecule has 1 aliphatic heterocycles. The molecule has 0 aromatic carbocycles. The smallest absolute Gasteiger partial charge is 0.331 e. The maximum Gasteiger partial charge on any atom is 0.331 e. The van der Waals surface area contributed by atoms with Crippen molar-refractivity contribution in [2.75, 3.05) is 6.61 Å². The Morgan fingerprint density at radius 3 is 2.67 bits per heavy atom. The fraction of sp³-hybridized carbons (Fsp3) is 0.667. The van der Waals surface area contributed by atoms with Crippen LogP contribution in [0.25, 0.3) is 0 Å². The summed E-state index contributed by atoms with van der Waals surface area (Å²) < 4.78 is 8.37. The van der Waals surface area contributed by atoms with E-state index < -0.39 is 5.56 Å². The molecule has 2 heterocycles. The second-order valence-electron chi connectivity index (χ2n) is 5.84. The summed E-state index contributed by atoms with van der Waals surface area (Å²) >= 11 is 0. The van der Waals surface area contributed by atoms with Crippen molar-refractivity contribution in [1.29, 1.82) is 5.26 Å². The van der Waals surface area contributed by atoms with Crippen molar-refractivity contribution in [3.05, 3.63) is 32.1 Å². The van der Waals surface area contributed by atoms with Crippen molar-refractivity contribution in [3.8, 4) is 6.07 Å². The van der Waals surface area contributed by atoms with Gasteiger partial charge in [0, 0.05) is 24.9 Å². The van der Waals surface area contributed by atoms with Gasteiger partial charge >= 0.3 is 5.69 Å². The first-order valence-electron chi connectivity index (χ1n) is 7.51. The predicted molar refractivity (Wildman–Crippen MR) is 76.3 cm³/mol. The van der Waals surface area contributed by atoms with E-state index in [1.807, 2.05) is 6.07 Å². The molecule has 0 radical (unpaired) electrons. The monoisotopic (exact) mass is 289 g/mol. The van der Waals surface area contributed by atoms with Crippen LogP contribution < -0.4 is 11.2 Å². The first-order chi connectivity index (χ1) is 10.1. The Bertz CT molecular complexity index is 701. The lowest BCUT2D eigenvalue weighted by Crippen LogP contribution is -2.43. The second kappa shape index (κ2) is 5.49. The van der Waals surface area contributed by atoms with Gasteiger partial charge in [0.1, 0.15) is 11.6 Å². The zero-order chi connectivity index (χ0) is 15.0. The van der Waals surface area contributed by atoms with Crippen LogP contribution in [0.2, 0.25) is 0 Å². The molecule has 6 nitrogen and oxygen atoms in total. The fourth-order valence-electron chi connectivity index (χ4n) is 3.00. The topological polar surface area (TPSA) is 77.0 Å². The number of hydrogen-bond acceptors (Lipinski definition) is 4. The Balaban J connectivity index is 1.98. The van der Waals surface area contributed by atoms with Gasteiger partial charge in [0.05, 0.1) is 6.10 Å². The first-order valence-corrected chi connectivity index (χ1v) is 7.51. The van der Waals surface area contributed by atoms with Crippen LogP contribution in [0.4, 0.5) is 0 Å². The molecule has 1 saturated carbocycles. The molecule has 2 fully saturated rings. The Morgan fingerprint density at radius 2 is 2.10 bits per heavy atom. The van der Waals surface area contributed by atoms with Crippen LogP contribution in [-0.4, -0.2) is 21.8 Å². The zero-order valence-electron chi connectivity index (χ0n) is 12.2. The van der Waals surface area contributed by atoms with Gasteiger partial charge < -0.3 is 4.74 Å². The number of ether oxygens (including phenoxy) is 1. The van der Waals surface area contributed by atoms with Crippen LogP contribution in [0, 0.1) is 18.3 Å². The minimum atomic E-state index is -0.463. The molecule has 21 heavy (non-hydrogen) atoms. The van der Waals surface area contributed by atoms with Gasteiger partial charge in [0.2, 0.25) is 0 Å². The third kappa shape index (κ3) is 2.54. The molecule has 0 N–H and O–H groups in total. The lowest BCUT2D eigenvalue weighted by Gasteiger charge is -2.15. The van der Waals surface area contributed by atoms with Gasteiger partial charge in [-0.1, -0.05) is 0 Å². The maximum absolute atomic E-state index is 12.5. The largest absolute Gasteiger partial charge is 0.378 e. The van der Waals surface area contributed by atoms with Crippen LogP contribution in [0.5, 0.6) is 0 Å². The molecule has 2 aliphatic rings. The summed E-state index contributed by atoms with van der Waals surface area (Å²) in [5.74, 6) is 0. The predicted octanol–water partition coefficient (Wildman–Crippen LogP) is 1.09. The molecule has 1 saturated heterocycles. The molecule has 6 heteroatoms. The van der Waals surface area contributed by atoms with Gasteiger partial charge in [0.15, 0.2) is 0 Å². The Hall–Kier alpha value is -1.87. The average Bonchev–Trinajstić information content (AvgIpc) is 3.14. The quantitative estimate of drug-likeness (QED) is 0.831. The van der Waals surface area contributed by atoms with Crippen molar-refractivity contribution in [1.82, 2.24) is 9.13 Å². The Kier molecular flexibility index (Phi) is 3.68. The zero-order valence-corrected chi connectivity index (χ0v) is 12.2. The van der Waals surface area contributed by atoms with E-state index in [2.05, 4.69) is 0 Å². The van der Waals surface area contributed by atoms with E-state index in [1.165, 1.54) is 4.57 Å². The van der Waals surface area contributed by atoms with Crippen molar-refractivity contribution < 1.29 is 4.74 Å². The minimum absolute atomic E-state index is 0.0915. The molecule has 112 valence electrons. The van der Waals surface area contributed by atoms with Crippen LogP contribution in [0.1, 0.15) is 49.4 Å². The highest BCUT2D eigenvalue weighted by molar-refractivity contribution is 5.31. The summed E-state index contributed by atoms with van der Waals surface area (Å²) in [7, 11) is 0. The van der Waals surface area contributed by atoms with Gasteiger partial charge in [-0.25, -0.2) is 4.79 Å². The highest BCUT2D eigenvalue weighted by Crippen LogP contribution is 2.34. The fourth-order valence-corrected chi connectivity index (χ4v) is 3.00. The number of aromatic nitrogens is 2. The molecule has 0 amide bonds. The molecular formula is C15H19N3O3. The van der Waals surface area contributed by atoms with E-state index in [9.17, 15) is 14.9 Å². The van der Waals surface area contributed by atoms with Crippen molar-refractivity contribution in [3.63, 3.8) is 0 Å². The second-order valence-corrected chi connectivity index (χ2v) is 5.84. The molecule has 0 bridgehead atoms. The number of hydrogen-bond donors (Lipinski definition) is 0. The highest BCUT2D eigenvalue weighted by atomic mass is 16.5. The Labute approximate surface area is 122 Å². The molecule has 1 aromatic rings. The van der Waals surface area contributed by atoms with E-state index in [1.54, 1.807) is 11.5 Å². The van der Waals surface area contributed by atoms with E-state index in [-0.39, 0.29) is 23.4 Å². The van der Waals surface area contributed by atoms with Crippen LogP contribution in [0.15, 0.2) is 9.59 Å². The molecule has 1 aromatic heterocycles. The van der Waals surface area contributed by atoms with Gasteiger partial charge in [-0.15, -0.1) is 0 Å². The normalized spacial score (nSPS) is 21.4. The summed E-state index contributed by atoms with van der Waals surface area (Å²) in [5.41, 5.74) is -0.149. The number of nitriles is 1. The third-order valence-electron chi connectivity index (χ3n) is 4.34. The molecule has 3 rings (SSSR count). The molecule has 0 spiro atoms. The van der Waals surface area contributed by atoms with Gasteiger partial charge in [-0.05, 0) is 39.0 Å². The molecule has 1 aliphatic carbocycles. The van der Waals surface area contributed by atoms with Gasteiger partial charge in [-0.2, -0.15) is 5.26 Å². The third-order valence-corrected chi connectivity index (χ3v) is 4.34. The summed E-state index contributed by atoms with van der Waals surface area (Å²) in [4.78, 5) is 24.9. The molecule has 1 unspecified atom stereocenters. The molecule has 1 atom stereocenters. The number of nitrogens with zero attached hydrogens (tertiary/aromatic N) is 3. The lowest BCUT2D eigenvalue weighted by atomic mass is 10.2. The average molecular weight is 289 g/mol. The maximum atomic E-state index is 12.5. The highest BCUT2D eigenvalue weighted by Gasteiger charge is 2.29. The SMILES string of the molecule is Cc1c(C#N)c(=O)n(CCC2CCCO2)c(=O)n1C1CC1. The van der Waals surface area contributed by atoms with Crippen molar-refractivity contribution in [2.24, 2.45) is 0 Å². The van der Waals surface area contributed by atoms with E-state index in [0.29, 0.717) is 18.7 Å². The van der Waals surface area contributed by atoms with E-state index in [0.717, 1.165) is 32.3 Å². The van der Waals surface area contributed by atoms with Crippen LogP contribution >= 0.6 is 0 Å².